The van der Waals surface area contributed by atoms with Crippen LogP contribution in [0.3, 0.4) is 0 Å². The van der Waals surface area contributed by atoms with Crippen molar-refractivity contribution in [3.05, 3.63) is 18.0 Å². The molecule has 2 heterocycles. The normalized spacial score (nSPS) is 15.2. The third-order valence-electron chi connectivity index (χ3n) is 6.47. The van der Waals surface area contributed by atoms with E-state index in [1.807, 2.05) is 44.5 Å². The number of piperidine rings is 1. The van der Waals surface area contributed by atoms with Crippen LogP contribution < -0.4 is 9.64 Å². The number of rotatable bonds is 7. The van der Waals surface area contributed by atoms with Gasteiger partial charge >= 0.3 is 12.1 Å². The number of benzene rings is 1. The first-order valence-corrected chi connectivity index (χ1v) is 16.3. The van der Waals surface area contributed by atoms with E-state index in [1.165, 1.54) is 0 Å². The highest BCUT2D eigenvalue weighted by atomic mass is 28.3. The van der Waals surface area contributed by atoms with Crippen LogP contribution in [0.4, 0.5) is 10.5 Å². The van der Waals surface area contributed by atoms with Crippen molar-refractivity contribution in [1.82, 2.24) is 14.5 Å². The number of fused-ring (bicyclic) bond motifs is 1. The minimum absolute atomic E-state index is 0.0877. The van der Waals surface area contributed by atoms with Crippen LogP contribution in [0.5, 0.6) is 5.75 Å². The van der Waals surface area contributed by atoms with E-state index in [0.29, 0.717) is 6.61 Å². The molecule has 0 bridgehead atoms. The number of carbonyl (C=O) groups is 2. The van der Waals surface area contributed by atoms with Gasteiger partial charge in [-0.25, -0.2) is 14.6 Å². The van der Waals surface area contributed by atoms with Gasteiger partial charge in [0, 0.05) is 41.3 Å². The number of nitrogens with zero attached hydrogens (tertiary/aromatic N) is 4. The van der Waals surface area contributed by atoms with Crippen molar-refractivity contribution in [2.45, 2.75) is 70.9 Å². The van der Waals surface area contributed by atoms with Crippen LogP contribution in [0, 0.1) is 0 Å². The summed E-state index contributed by atoms with van der Waals surface area (Å²) >= 11 is 0. The molecule has 2 aromatic rings. The number of aromatic nitrogens is 2. The maximum Gasteiger partial charge on any atom is 0.410 e. The zero-order chi connectivity index (χ0) is 26.8. The second-order valence-corrected chi connectivity index (χ2v) is 17.4. The van der Waals surface area contributed by atoms with Gasteiger partial charge in [0.1, 0.15) is 17.0 Å². The van der Waals surface area contributed by atoms with Crippen LogP contribution in [0.15, 0.2) is 12.1 Å². The lowest BCUT2D eigenvalue weighted by molar-refractivity contribution is 0.0200. The Labute approximate surface area is 215 Å². The summed E-state index contributed by atoms with van der Waals surface area (Å²) in [6, 6.07) is 4.77. The number of esters is 1. The minimum Gasteiger partial charge on any atom is -0.494 e. The van der Waals surface area contributed by atoms with Crippen molar-refractivity contribution in [1.29, 1.82) is 0 Å². The van der Waals surface area contributed by atoms with Gasteiger partial charge in [-0.05, 0) is 51.8 Å². The zero-order valence-electron chi connectivity index (χ0n) is 23.3. The molecule has 0 unspecified atom stereocenters. The van der Waals surface area contributed by atoms with E-state index in [-0.39, 0.29) is 18.0 Å². The summed E-state index contributed by atoms with van der Waals surface area (Å²) in [5.41, 5.74) is 1.94. The summed E-state index contributed by atoms with van der Waals surface area (Å²) in [6.45, 7) is 14.2. The van der Waals surface area contributed by atoms with Crippen molar-refractivity contribution in [3.63, 3.8) is 0 Å². The van der Waals surface area contributed by atoms with Crippen LogP contribution in [-0.4, -0.2) is 80.1 Å². The highest BCUT2D eigenvalue weighted by Gasteiger charge is 2.31. The number of carbonyl (C=O) groups excluding carboxylic acids is 2. The van der Waals surface area contributed by atoms with E-state index < -0.39 is 19.6 Å². The molecule has 3 rings (SSSR count). The lowest BCUT2D eigenvalue weighted by Gasteiger charge is -2.38. The van der Waals surface area contributed by atoms with Crippen molar-refractivity contribution in [3.8, 4) is 5.75 Å². The smallest absolute Gasteiger partial charge is 0.410 e. The summed E-state index contributed by atoms with van der Waals surface area (Å²) in [5, 5.41) is 0. The molecular formula is C26H42N4O5Si. The van der Waals surface area contributed by atoms with Gasteiger partial charge in [-0.1, -0.05) is 19.6 Å². The lowest BCUT2D eigenvalue weighted by atomic mass is 10.0. The molecule has 1 saturated heterocycles. The summed E-state index contributed by atoms with van der Waals surface area (Å²) in [4.78, 5) is 34.0. The molecule has 0 atom stereocenters. The van der Waals surface area contributed by atoms with Gasteiger partial charge in [0.25, 0.3) is 0 Å². The van der Waals surface area contributed by atoms with Crippen LogP contribution in [0.25, 0.3) is 11.0 Å². The molecule has 36 heavy (non-hydrogen) atoms. The van der Waals surface area contributed by atoms with Crippen LogP contribution in [0.2, 0.25) is 25.7 Å². The molecule has 1 aromatic heterocycles. The molecular weight excluding hydrogens is 476 g/mol. The zero-order valence-corrected chi connectivity index (χ0v) is 24.3. The molecule has 1 fully saturated rings. The Hall–Kier alpha value is -2.75. The SMILES string of the molecule is COc1ccc2nc(C(=O)OCC[Si](C)(C)C)n(C)c2c1N1CCC(N(C)C(=O)OC(C)(C)C)CC1. The van der Waals surface area contributed by atoms with Crippen LogP contribution in [-0.2, 0) is 16.5 Å². The number of hydrogen-bond acceptors (Lipinski definition) is 7. The summed E-state index contributed by atoms with van der Waals surface area (Å²) in [6.07, 6.45) is 1.28. The summed E-state index contributed by atoms with van der Waals surface area (Å²) in [5.74, 6) is 0.604. The monoisotopic (exact) mass is 518 g/mol. The molecule has 0 saturated carbocycles. The fourth-order valence-electron chi connectivity index (χ4n) is 4.39. The third kappa shape index (κ3) is 6.51. The van der Waals surface area contributed by atoms with E-state index in [9.17, 15) is 9.59 Å². The first-order chi connectivity index (χ1) is 16.7. The Bertz CT molecular complexity index is 1090. The number of hydrogen-bond donors (Lipinski definition) is 0. The second kappa shape index (κ2) is 10.7. The van der Waals surface area contributed by atoms with E-state index in [0.717, 1.165) is 54.4 Å². The van der Waals surface area contributed by atoms with Gasteiger partial charge in [0.15, 0.2) is 0 Å². The maximum absolute atomic E-state index is 12.9. The number of aryl methyl sites for hydroxylation is 1. The average molecular weight is 519 g/mol. The summed E-state index contributed by atoms with van der Waals surface area (Å²) in [7, 11) is 3.99. The molecule has 1 aliphatic rings. The van der Waals surface area contributed by atoms with Gasteiger partial charge in [-0.2, -0.15) is 0 Å². The van der Waals surface area contributed by atoms with Gasteiger partial charge in [0.2, 0.25) is 5.82 Å². The predicted octanol–water partition coefficient (Wildman–Crippen LogP) is 4.91. The van der Waals surface area contributed by atoms with E-state index in [1.54, 1.807) is 19.1 Å². The molecule has 200 valence electrons. The quantitative estimate of drug-likeness (QED) is 0.380. The number of amides is 1. The topological polar surface area (TPSA) is 86.1 Å². The van der Waals surface area contributed by atoms with Crippen LogP contribution in [0.1, 0.15) is 44.2 Å². The molecule has 10 heteroatoms. The number of ether oxygens (including phenoxy) is 3. The fourth-order valence-corrected chi connectivity index (χ4v) is 5.11. The van der Waals surface area contributed by atoms with Crippen molar-refractivity contribution >= 4 is 36.9 Å². The van der Waals surface area contributed by atoms with E-state index in [2.05, 4.69) is 29.5 Å². The first-order valence-electron chi connectivity index (χ1n) is 12.6. The Morgan fingerprint density at radius 3 is 2.36 bits per heavy atom. The lowest BCUT2D eigenvalue weighted by Crippen LogP contribution is -2.47. The molecule has 0 spiro atoms. The molecule has 0 N–H and O–H groups in total. The average Bonchev–Trinajstić information content (AvgIpc) is 3.12. The van der Waals surface area contributed by atoms with Gasteiger partial charge in [-0.15, -0.1) is 0 Å². The van der Waals surface area contributed by atoms with Crippen molar-refractivity contribution < 1.29 is 23.8 Å². The fraction of sp³-hybridized carbons (Fsp3) is 0.654. The summed E-state index contributed by atoms with van der Waals surface area (Å²) < 4.78 is 18.6. The Morgan fingerprint density at radius 1 is 1.17 bits per heavy atom. The molecule has 1 amide bonds. The van der Waals surface area contributed by atoms with Gasteiger partial charge in [0.05, 0.1) is 24.8 Å². The minimum atomic E-state index is -1.31. The maximum atomic E-state index is 12.9. The molecule has 1 aromatic carbocycles. The largest absolute Gasteiger partial charge is 0.494 e. The third-order valence-corrected chi connectivity index (χ3v) is 8.17. The molecule has 0 aliphatic carbocycles. The predicted molar refractivity (Wildman–Crippen MR) is 145 cm³/mol. The number of imidazole rings is 1. The highest BCUT2D eigenvalue weighted by molar-refractivity contribution is 6.76. The van der Waals surface area contributed by atoms with Crippen molar-refractivity contribution in [2.24, 2.45) is 7.05 Å². The number of anilines is 1. The van der Waals surface area contributed by atoms with Gasteiger partial charge in [-0.3, -0.25) is 0 Å². The Morgan fingerprint density at radius 2 is 1.81 bits per heavy atom. The highest BCUT2D eigenvalue weighted by Crippen LogP contribution is 2.38. The van der Waals surface area contributed by atoms with Gasteiger partial charge < -0.3 is 28.6 Å². The first kappa shape index (κ1) is 27.8. The van der Waals surface area contributed by atoms with Crippen molar-refractivity contribution in [2.75, 3.05) is 38.8 Å². The second-order valence-electron chi connectivity index (χ2n) is 11.7. The van der Waals surface area contributed by atoms with E-state index >= 15 is 0 Å². The number of methoxy groups -OCH3 is 1. The Kier molecular flexibility index (Phi) is 8.27. The standard InChI is InChI=1S/C26H42N4O5Si/c1-26(2,3)35-25(32)28(4)18-12-14-30(15-13-18)22-20(33-6)11-10-19-21(22)29(5)23(27-19)24(31)34-16-17-36(7,8)9/h10-11,18H,12-17H2,1-9H3. The molecule has 9 nitrogen and oxygen atoms in total. The molecule has 1 aliphatic heterocycles. The van der Waals surface area contributed by atoms with Crippen LogP contribution >= 0.6 is 0 Å². The van der Waals surface area contributed by atoms with E-state index in [4.69, 9.17) is 14.2 Å². The Balaban J connectivity index is 1.81. The molecule has 0 radical (unpaired) electrons.